The molecule has 0 spiro atoms. The Kier molecular flexibility index (Phi) is 5.38. The minimum atomic E-state index is -0.683. The van der Waals surface area contributed by atoms with Crippen LogP contribution in [0.3, 0.4) is 0 Å². The highest BCUT2D eigenvalue weighted by molar-refractivity contribution is 9.10. The fourth-order valence-electron chi connectivity index (χ4n) is 2.21. The predicted molar refractivity (Wildman–Crippen MR) is 97.9 cm³/mol. The molecule has 1 saturated heterocycles. The largest absolute Gasteiger partial charge is 0.353 e. The Balaban J connectivity index is 1.77. The van der Waals surface area contributed by atoms with Crippen LogP contribution in [0.5, 0.6) is 0 Å². The molecule has 7 heteroatoms. The zero-order chi connectivity index (χ0) is 15.4. The Morgan fingerprint density at radius 1 is 1.23 bits per heavy atom. The molecule has 2 aromatic rings. The summed E-state index contributed by atoms with van der Waals surface area (Å²) >= 11 is 5.04. The Morgan fingerprint density at radius 3 is 2.68 bits per heavy atom. The van der Waals surface area contributed by atoms with Crippen molar-refractivity contribution < 1.29 is 4.21 Å². The van der Waals surface area contributed by atoms with E-state index in [1.165, 1.54) is 0 Å². The first-order valence-corrected chi connectivity index (χ1v) is 10.1. The molecule has 0 radical (unpaired) electrons. The first kappa shape index (κ1) is 15.8. The van der Waals surface area contributed by atoms with Crippen LogP contribution in [0.15, 0.2) is 52.0 Å². The minimum Gasteiger partial charge on any atom is -0.353 e. The third-order valence-corrected chi connectivity index (χ3v) is 5.87. The van der Waals surface area contributed by atoms with E-state index < -0.39 is 10.8 Å². The smallest absolute Gasteiger partial charge is 0.152 e. The van der Waals surface area contributed by atoms with Gasteiger partial charge in [0.15, 0.2) is 5.82 Å². The van der Waals surface area contributed by atoms with Crippen molar-refractivity contribution in [1.29, 1.82) is 0 Å². The highest BCUT2D eigenvalue weighted by atomic mass is 79.9. The van der Waals surface area contributed by atoms with Crippen molar-refractivity contribution >= 4 is 50.2 Å². The molecule has 2 heterocycles. The van der Waals surface area contributed by atoms with Crippen LogP contribution >= 0.6 is 27.9 Å². The number of benzene rings is 1. The molecule has 22 heavy (non-hydrogen) atoms. The van der Waals surface area contributed by atoms with E-state index in [0.717, 1.165) is 34.0 Å². The van der Waals surface area contributed by atoms with E-state index in [9.17, 15) is 4.21 Å². The number of halogens is 1. The first-order chi connectivity index (χ1) is 10.7. The van der Waals surface area contributed by atoms with Crippen LogP contribution in [0.4, 0.5) is 11.5 Å². The molecule has 3 rings (SSSR count). The maximum absolute atomic E-state index is 11.5. The average Bonchev–Trinajstić information content (AvgIpc) is 2.55. The summed E-state index contributed by atoms with van der Waals surface area (Å²) in [6, 6.07) is 12.2. The molecule has 0 aliphatic carbocycles. The summed E-state index contributed by atoms with van der Waals surface area (Å²) in [6.07, 6.45) is 1.80. The molecular formula is C15H16BrN3OS2. The number of nitrogens with one attached hydrogen (secondary N) is 1. The topological polar surface area (TPSA) is 45.2 Å². The quantitative estimate of drug-likeness (QED) is 0.799. The molecule has 116 valence electrons. The van der Waals surface area contributed by atoms with E-state index in [1.54, 1.807) is 18.1 Å². The van der Waals surface area contributed by atoms with Gasteiger partial charge in [-0.25, -0.2) is 4.98 Å². The van der Waals surface area contributed by atoms with Crippen LogP contribution < -0.4 is 9.62 Å². The van der Waals surface area contributed by atoms with Gasteiger partial charge in [-0.05, 0) is 46.1 Å². The van der Waals surface area contributed by atoms with E-state index >= 15 is 0 Å². The number of hydrogen-bond donors (Lipinski definition) is 1. The SMILES string of the molecule is O=S1CCN(c2ncc(Br)cc2NSc2ccccc2)CC1. The summed E-state index contributed by atoms with van der Waals surface area (Å²) in [5.41, 5.74) is 0.968. The molecule has 1 aliphatic rings. The van der Waals surface area contributed by atoms with Crippen molar-refractivity contribution in [2.24, 2.45) is 0 Å². The van der Waals surface area contributed by atoms with Gasteiger partial charge >= 0.3 is 0 Å². The Morgan fingerprint density at radius 2 is 1.95 bits per heavy atom. The molecule has 0 bridgehead atoms. The number of rotatable bonds is 4. The van der Waals surface area contributed by atoms with E-state index in [1.807, 2.05) is 24.3 Å². The highest BCUT2D eigenvalue weighted by Crippen LogP contribution is 2.31. The molecule has 0 saturated carbocycles. The normalized spacial score (nSPS) is 15.8. The lowest BCUT2D eigenvalue weighted by molar-refractivity contribution is 0.672. The van der Waals surface area contributed by atoms with Crippen LogP contribution in [0.2, 0.25) is 0 Å². The lowest BCUT2D eigenvalue weighted by atomic mass is 10.3. The standard InChI is InChI=1S/C15H16BrN3OS2/c16-12-10-14(18-21-13-4-2-1-3-5-13)15(17-11-12)19-6-8-22(20)9-7-19/h1-5,10-11,18H,6-9H2. The summed E-state index contributed by atoms with van der Waals surface area (Å²) < 4.78 is 15.8. The number of pyridine rings is 1. The van der Waals surface area contributed by atoms with Gasteiger partial charge in [0, 0.05) is 51.0 Å². The summed E-state index contributed by atoms with van der Waals surface area (Å²) in [7, 11) is -0.683. The maximum atomic E-state index is 11.5. The second-order valence-corrected chi connectivity index (χ2v) is 8.37. The monoisotopic (exact) mass is 397 g/mol. The van der Waals surface area contributed by atoms with Gasteiger partial charge in [-0.1, -0.05) is 18.2 Å². The number of nitrogens with zero attached hydrogens (tertiary/aromatic N) is 2. The Bertz CT molecular complexity index is 659. The van der Waals surface area contributed by atoms with Gasteiger partial charge in [-0.15, -0.1) is 0 Å². The summed E-state index contributed by atoms with van der Waals surface area (Å²) in [5, 5.41) is 0. The summed E-state index contributed by atoms with van der Waals surface area (Å²) in [4.78, 5) is 7.89. The zero-order valence-electron chi connectivity index (χ0n) is 11.9. The van der Waals surface area contributed by atoms with Gasteiger partial charge in [0.05, 0.1) is 5.69 Å². The molecule has 0 unspecified atom stereocenters. The van der Waals surface area contributed by atoms with E-state index in [0.29, 0.717) is 11.5 Å². The van der Waals surface area contributed by atoms with Crippen molar-refractivity contribution in [3.63, 3.8) is 0 Å². The van der Waals surface area contributed by atoms with E-state index in [4.69, 9.17) is 0 Å². The second-order valence-electron chi connectivity index (χ2n) is 4.88. The molecule has 4 nitrogen and oxygen atoms in total. The Labute approximate surface area is 145 Å². The third kappa shape index (κ3) is 4.02. The van der Waals surface area contributed by atoms with E-state index in [-0.39, 0.29) is 0 Å². The molecule has 1 fully saturated rings. The second kappa shape index (κ2) is 7.48. The average molecular weight is 398 g/mol. The number of anilines is 2. The van der Waals surface area contributed by atoms with Crippen molar-refractivity contribution in [3.05, 3.63) is 47.1 Å². The molecule has 0 amide bonds. The zero-order valence-corrected chi connectivity index (χ0v) is 15.1. The van der Waals surface area contributed by atoms with Gasteiger partial charge < -0.3 is 9.62 Å². The van der Waals surface area contributed by atoms with Gasteiger partial charge in [-0.3, -0.25) is 4.21 Å². The van der Waals surface area contributed by atoms with E-state index in [2.05, 4.69) is 42.7 Å². The molecule has 1 aromatic carbocycles. The highest BCUT2D eigenvalue weighted by Gasteiger charge is 2.19. The lowest BCUT2D eigenvalue weighted by Gasteiger charge is -2.29. The Hall–Kier alpha value is -1.05. The molecular weight excluding hydrogens is 382 g/mol. The number of aromatic nitrogens is 1. The van der Waals surface area contributed by atoms with Crippen LogP contribution in [0.25, 0.3) is 0 Å². The van der Waals surface area contributed by atoms with Crippen LogP contribution in [0, 0.1) is 0 Å². The van der Waals surface area contributed by atoms with Crippen LogP contribution in [-0.4, -0.2) is 33.8 Å². The maximum Gasteiger partial charge on any atom is 0.152 e. The fourth-order valence-corrected chi connectivity index (χ4v) is 4.27. The molecule has 1 N–H and O–H groups in total. The van der Waals surface area contributed by atoms with Crippen molar-refractivity contribution in [2.75, 3.05) is 34.2 Å². The lowest BCUT2D eigenvalue weighted by Crippen LogP contribution is -2.38. The summed E-state index contributed by atoms with van der Waals surface area (Å²) in [6.45, 7) is 1.57. The first-order valence-electron chi connectivity index (χ1n) is 6.96. The molecule has 1 aromatic heterocycles. The summed E-state index contributed by atoms with van der Waals surface area (Å²) in [5.74, 6) is 2.34. The van der Waals surface area contributed by atoms with Crippen molar-refractivity contribution in [2.45, 2.75) is 4.90 Å². The van der Waals surface area contributed by atoms with Gasteiger partial charge in [0.1, 0.15) is 0 Å². The van der Waals surface area contributed by atoms with Gasteiger partial charge in [0.25, 0.3) is 0 Å². The molecule has 0 atom stereocenters. The molecule has 1 aliphatic heterocycles. The predicted octanol–water partition coefficient (Wildman–Crippen LogP) is 3.53. The van der Waals surface area contributed by atoms with Crippen LogP contribution in [0.1, 0.15) is 0 Å². The fraction of sp³-hybridized carbons (Fsp3) is 0.267. The van der Waals surface area contributed by atoms with Crippen molar-refractivity contribution in [1.82, 2.24) is 4.98 Å². The van der Waals surface area contributed by atoms with Crippen LogP contribution in [-0.2, 0) is 10.8 Å². The third-order valence-electron chi connectivity index (χ3n) is 3.33. The van der Waals surface area contributed by atoms with Crippen molar-refractivity contribution in [3.8, 4) is 0 Å². The van der Waals surface area contributed by atoms with Gasteiger partial charge in [-0.2, -0.15) is 0 Å². The van der Waals surface area contributed by atoms with Gasteiger partial charge in [0.2, 0.25) is 0 Å². The number of hydrogen-bond acceptors (Lipinski definition) is 5. The minimum absolute atomic E-state index is 0.683.